The first-order valence-electron chi connectivity index (χ1n) is 11.3. The van der Waals surface area contributed by atoms with Crippen LogP contribution in [0.2, 0.25) is 0 Å². The van der Waals surface area contributed by atoms with Crippen LogP contribution in [0.25, 0.3) is 0 Å². The number of halogens is 7. The van der Waals surface area contributed by atoms with Crippen molar-refractivity contribution < 1.29 is 35.9 Å². The summed E-state index contributed by atoms with van der Waals surface area (Å²) in [6.07, 6.45) is -8.49. The summed E-state index contributed by atoms with van der Waals surface area (Å²) in [5, 5.41) is 6.52. The van der Waals surface area contributed by atoms with Crippen LogP contribution in [0.15, 0.2) is 48.5 Å². The van der Waals surface area contributed by atoms with Gasteiger partial charge in [0.15, 0.2) is 0 Å². The highest BCUT2D eigenvalue weighted by atomic mass is 35.5. The Morgan fingerprint density at radius 2 is 1.56 bits per heavy atom. The minimum Gasteiger partial charge on any atom is -0.372 e. The van der Waals surface area contributed by atoms with E-state index in [0.29, 0.717) is 44.4 Å². The summed E-state index contributed by atoms with van der Waals surface area (Å²) in [5.41, 5.74) is -3.11. The van der Waals surface area contributed by atoms with Gasteiger partial charge in [-0.25, -0.2) is 0 Å². The van der Waals surface area contributed by atoms with Gasteiger partial charge in [-0.3, -0.25) is 4.79 Å². The van der Waals surface area contributed by atoms with Gasteiger partial charge in [0.25, 0.3) is 0 Å². The highest BCUT2D eigenvalue weighted by molar-refractivity contribution is 5.85. The SMILES string of the molecule is C[C@@H](OC[C@]1(c2ccccc2)CCC2(CCC(=O)N2)CN1)c1cc(C(F)(F)F)cc(C(F)(F)F)c1.Cl. The van der Waals surface area contributed by atoms with Crippen molar-refractivity contribution in [3.63, 3.8) is 0 Å². The van der Waals surface area contributed by atoms with E-state index in [1.54, 1.807) is 0 Å². The van der Waals surface area contributed by atoms with Crippen molar-refractivity contribution in [2.45, 2.75) is 62.1 Å². The number of piperidine rings is 1. The molecule has 1 unspecified atom stereocenters. The Labute approximate surface area is 211 Å². The zero-order valence-corrected chi connectivity index (χ0v) is 20.2. The van der Waals surface area contributed by atoms with Crippen LogP contribution >= 0.6 is 12.4 Å². The number of carbonyl (C=O) groups excluding carboxylic acids is 1. The summed E-state index contributed by atoms with van der Waals surface area (Å²) in [5.74, 6) is -0.00565. The Balaban J connectivity index is 0.00000361. The first-order valence-corrected chi connectivity index (χ1v) is 11.3. The molecule has 3 atom stereocenters. The molecular weight excluding hydrogens is 510 g/mol. The van der Waals surface area contributed by atoms with Crippen molar-refractivity contribution in [2.75, 3.05) is 13.2 Å². The van der Waals surface area contributed by atoms with Crippen molar-refractivity contribution in [1.82, 2.24) is 10.6 Å². The van der Waals surface area contributed by atoms with Gasteiger partial charge in [-0.15, -0.1) is 12.4 Å². The quantitative estimate of drug-likeness (QED) is 0.451. The van der Waals surface area contributed by atoms with E-state index < -0.39 is 35.1 Å². The molecule has 2 aromatic rings. The van der Waals surface area contributed by atoms with Gasteiger partial charge in [0.1, 0.15) is 0 Å². The minimum atomic E-state index is -4.92. The van der Waals surface area contributed by atoms with Crippen LogP contribution in [0.5, 0.6) is 0 Å². The van der Waals surface area contributed by atoms with Crippen molar-refractivity contribution in [2.24, 2.45) is 0 Å². The normalized spacial score (nSPS) is 25.4. The van der Waals surface area contributed by atoms with Gasteiger partial charge in [0.2, 0.25) is 5.91 Å². The lowest BCUT2D eigenvalue weighted by Crippen LogP contribution is -2.61. The van der Waals surface area contributed by atoms with Crippen LogP contribution in [-0.4, -0.2) is 24.6 Å². The van der Waals surface area contributed by atoms with Crippen LogP contribution in [0.3, 0.4) is 0 Å². The van der Waals surface area contributed by atoms with E-state index in [9.17, 15) is 31.1 Å². The zero-order valence-electron chi connectivity index (χ0n) is 19.4. The number of benzene rings is 2. The second-order valence-electron chi connectivity index (χ2n) is 9.42. The zero-order chi connectivity index (χ0) is 25.5. The fraction of sp³-hybridized carbons (Fsp3) is 0.480. The molecule has 11 heteroatoms. The van der Waals surface area contributed by atoms with Crippen molar-refractivity contribution >= 4 is 18.3 Å². The van der Waals surface area contributed by atoms with Crippen LogP contribution in [0, 0.1) is 0 Å². The molecule has 0 radical (unpaired) electrons. The van der Waals surface area contributed by atoms with Crippen LogP contribution in [-0.2, 0) is 27.4 Å². The van der Waals surface area contributed by atoms with E-state index in [1.807, 2.05) is 30.3 Å². The van der Waals surface area contributed by atoms with E-state index in [-0.39, 0.29) is 42.1 Å². The molecule has 36 heavy (non-hydrogen) atoms. The van der Waals surface area contributed by atoms with Crippen LogP contribution < -0.4 is 10.6 Å². The largest absolute Gasteiger partial charge is 0.416 e. The second kappa shape index (κ2) is 10.2. The summed E-state index contributed by atoms with van der Waals surface area (Å²) in [6.45, 7) is 1.95. The van der Waals surface area contributed by atoms with E-state index in [2.05, 4.69) is 10.6 Å². The predicted octanol–water partition coefficient (Wildman–Crippen LogP) is 6.15. The Bertz CT molecular complexity index is 1030. The molecular formula is C25H27ClF6N2O2. The molecule has 1 spiro atoms. The Hall–Kier alpha value is -2.30. The lowest BCUT2D eigenvalue weighted by Gasteiger charge is -2.46. The number of carbonyl (C=O) groups is 1. The lowest BCUT2D eigenvalue weighted by atomic mass is 9.76. The summed E-state index contributed by atoms with van der Waals surface area (Å²) in [7, 11) is 0. The molecule has 198 valence electrons. The number of hydrogen-bond acceptors (Lipinski definition) is 3. The molecule has 2 fully saturated rings. The molecule has 2 aliphatic heterocycles. The van der Waals surface area contributed by atoms with Gasteiger partial charge in [0.05, 0.1) is 34.9 Å². The molecule has 0 saturated carbocycles. The van der Waals surface area contributed by atoms with Gasteiger partial charge in [-0.05, 0) is 55.5 Å². The van der Waals surface area contributed by atoms with E-state index in [4.69, 9.17) is 4.74 Å². The summed E-state index contributed by atoms with van der Waals surface area (Å²) >= 11 is 0. The standard InChI is InChI=1S/C25H26F6N2O2.ClH/c1-16(17-11-19(24(26,27)28)13-20(12-17)25(29,30)31)35-15-23(18-5-3-2-4-6-18)10-9-22(14-32-23)8-7-21(34)33-22;/h2-6,11-13,16,32H,7-10,14-15H2,1H3,(H,33,34);1H/t16-,22?,23+;/m1./s1. The average Bonchev–Trinajstić information content (AvgIpc) is 3.18. The summed E-state index contributed by atoms with van der Waals surface area (Å²) in [4.78, 5) is 11.8. The third-order valence-corrected chi connectivity index (χ3v) is 7.02. The molecule has 2 aliphatic rings. The molecule has 0 aromatic heterocycles. The first kappa shape index (κ1) is 28.3. The molecule has 4 nitrogen and oxygen atoms in total. The highest BCUT2D eigenvalue weighted by Gasteiger charge is 2.47. The number of amides is 1. The van der Waals surface area contributed by atoms with Gasteiger partial charge < -0.3 is 15.4 Å². The maximum absolute atomic E-state index is 13.3. The first-order chi connectivity index (χ1) is 16.3. The van der Waals surface area contributed by atoms with E-state index in [1.165, 1.54) is 6.92 Å². The van der Waals surface area contributed by atoms with Gasteiger partial charge in [0, 0.05) is 13.0 Å². The number of alkyl halides is 6. The fourth-order valence-corrected chi connectivity index (χ4v) is 4.85. The van der Waals surface area contributed by atoms with Gasteiger partial charge in [-0.1, -0.05) is 30.3 Å². The molecule has 4 rings (SSSR count). The molecule has 2 saturated heterocycles. The molecule has 0 aliphatic carbocycles. The average molecular weight is 537 g/mol. The van der Waals surface area contributed by atoms with Gasteiger partial charge in [-0.2, -0.15) is 26.3 Å². The van der Waals surface area contributed by atoms with E-state index in [0.717, 1.165) is 5.56 Å². The predicted molar refractivity (Wildman–Crippen MR) is 124 cm³/mol. The third kappa shape index (κ3) is 5.98. The van der Waals surface area contributed by atoms with Crippen molar-refractivity contribution in [3.05, 3.63) is 70.8 Å². The second-order valence-corrected chi connectivity index (χ2v) is 9.42. The number of ether oxygens (including phenoxy) is 1. The minimum absolute atomic E-state index is 0. The maximum atomic E-state index is 13.3. The topological polar surface area (TPSA) is 50.4 Å². The summed E-state index contributed by atoms with van der Waals surface area (Å²) < 4.78 is 85.6. The lowest BCUT2D eigenvalue weighted by molar-refractivity contribution is -0.143. The molecule has 1 amide bonds. The highest BCUT2D eigenvalue weighted by Crippen LogP contribution is 2.40. The third-order valence-electron chi connectivity index (χ3n) is 7.02. The smallest absolute Gasteiger partial charge is 0.372 e. The monoisotopic (exact) mass is 536 g/mol. The Kier molecular flexibility index (Phi) is 8.03. The molecule has 0 bridgehead atoms. The molecule has 2 aromatic carbocycles. The van der Waals surface area contributed by atoms with Crippen LogP contribution in [0.4, 0.5) is 26.3 Å². The van der Waals surface area contributed by atoms with Crippen molar-refractivity contribution in [3.8, 4) is 0 Å². The Morgan fingerprint density at radius 1 is 0.944 bits per heavy atom. The molecule has 2 heterocycles. The molecule has 2 N–H and O–H groups in total. The Morgan fingerprint density at radius 3 is 2.03 bits per heavy atom. The maximum Gasteiger partial charge on any atom is 0.416 e. The van der Waals surface area contributed by atoms with Crippen LogP contribution in [0.1, 0.15) is 61.0 Å². The van der Waals surface area contributed by atoms with Crippen molar-refractivity contribution in [1.29, 1.82) is 0 Å². The number of hydrogen-bond donors (Lipinski definition) is 2. The van der Waals surface area contributed by atoms with Gasteiger partial charge >= 0.3 is 12.4 Å². The number of rotatable bonds is 5. The number of nitrogens with one attached hydrogen (secondary N) is 2. The fourth-order valence-electron chi connectivity index (χ4n) is 4.85. The van der Waals surface area contributed by atoms with E-state index >= 15 is 0 Å². The summed E-state index contributed by atoms with van der Waals surface area (Å²) in [6, 6.07) is 10.9.